The lowest BCUT2D eigenvalue weighted by molar-refractivity contribution is 0.105. The minimum atomic E-state index is -0.0915. The van der Waals surface area contributed by atoms with Crippen LogP contribution in [0.2, 0.25) is 5.02 Å². The third kappa shape index (κ3) is 2.52. The average Bonchev–Trinajstić information content (AvgIpc) is 2.56. The molecule has 0 radical (unpaired) electrons. The Kier molecular flexibility index (Phi) is 3.43. The molecule has 21 heavy (non-hydrogen) atoms. The minimum Gasteiger partial charge on any atom is -0.456 e. The first-order valence-corrected chi connectivity index (χ1v) is 6.94. The quantitative estimate of drug-likeness (QED) is 0.738. The topological polar surface area (TPSA) is 29.5 Å². The molecule has 2 aromatic carbocycles. The van der Waals surface area contributed by atoms with E-state index in [1.54, 1.807) is 24.4 Å². The number of halogens is 1. The van der Waals surface area contributed by atoms with E-state index in [1.165, 1.54) is 0 Å². The van der Waals surface area contributed by atoms with Gasteiger partial charge in [0, 0.05) is 36.5 Å². The van der Waals surface area contributed by atoms with Crippen LogP contribution in [0.1, 0.15) is 15.9 Å². The summed E-state index contributed by atoms with van der Waals surface area (Å²) in [5.74, 6) is 1.10. The molecule has 0 aromatic heterocycles. The van der Waals surface area contributed by atoms with Crippen LogP contribution in [0.3, 0.4) is 0 Å². The Morgan fingerprint density at radius 3 is 2.52 bits per heavy atom. The fourth-order valence-corrected chi connectivity index (χ4v) is 2.49. The first-order valence-electron chi connectivity index (χ1n) is 6.56. The molecule has 0 fully saturated rings. The van der Waals surface area contributed by atoms with Gasteiger partial charge in [-0.15, -0.1) is 0 Å². The number of ketones is 1. The van der Waals surface area contributed by atoms with E-state index in [2.05, 4.69) is 0 Å². The van der Waals surface area contributed by atoms with E-state index in [9.17, 15) is 4.79 Å². The standard InChI is InChI=1S/C17H14ClNO2/c1-19(2)10-14-12-5-3-4-6-15(12)21-16-8-7-11(18)9-13(16)17(14)20/h3-10H,1-2H3/b14-10+. The second-order valence-electron chi connectivity index (χ2n) is 5.07. The Balaban J connectivity index is 2.28. The van der Waals surface area contributed by atoms with Gasteiger partial charge < -0.3 is 9.64 Å². The van der Waals surface area contributed by atoms with E-state index in [4.69, 9.17) is 16.3 Å². The molecule has 0 saturated carbocycles. The van der Waals surface area contributed by atoms with E-state index < -0.39 is 0 Å². The Morgan fingerprint density at radius 2 is 1.76 bits per heavy atom. The number of hydrogen-bond acceptors (Lipinski definition) is 3. The number of Topliss-reactive ketones (excluding diaryl/α,β-unsaturated/α-hetero) is 1. The largest absolute Gasteiger partial charge is 0.456 e. The van der Waals surface area contributed by atoms with Gasteiger partial charge in [-0.1, -0.05) is 29.8 Å². The normalized spacial score (nSPS) is 15.0. The predicted octanol–water partition coefficient (Wildman–Crippen LogP) is 4.23. The van der Waals surface area contributed by atoms with Crippen molar-refractivity contribution in [1.82, 2.24) is 4.90 Å². The van der Waals surface area contributed by atoms with Crippen molar-refractivity contribution in [3.8, 4) is 11.5 Å². The summed E-state index contributed by atoms with van der Waals surface area (Å²) in [4.78, 5) is 14.7. The number of carbonyl (C=O) groups is 1. The molecule has 106 valence electrons. The Morgan fingerprint density at radius 1 is 1.05 bits per heavy atom. The van der Waals surface area contributed by atoms with Gasteiger partial charge >= 0.3 is 0 Å². The van der Waals surface area contributed by atoms with Crippen LogP contribution in [0, 0.1) is 0 Å². The average molecular weight is 300 g/mol. The number of allylic oxidation sites excluding steroid dienone is 1. The van der Waals surface area contributed by atoms with E-state index >= 15 is 0 Å². The summed E-state index contributed by atoms with van der Waals surface area (Å²) in [6.45, 7) is 0. The van der Waals surface area contributed by atoms with Crippen LogP contribution in [0.5, 0.6) is 11.5 Å². The monoisotopic (exact) mass is 299 g/mol. The fourth-order valence-electron chi connectivity index (χ4n) is 2.32. The van der Waals surface area contributed by atoms with Gasteiger partial charge in [0.05, 0.1) is 5.56 Å². The van der Waals surface area contributed by atoms with Crippen LogP contribution >= 0.6 is 11.6 Å². The molecule has 0 unspecified atom stereocenters. The van der Waals surface area contributed by atoms with E-state index in [1.807, 2.05) is 43.3 Å². The first kappa shape index (κ1) is 13.7. The van der Waals surface area contributed by atoms with Gasteiger partial charge in [-0.3, -0.25) is 4.79 Å². The SMILES string of the molecule is CN(C)/C=C1/C(=O)c2cc(Cl)ccc2Oc2ccccc21. The summed E-state index contributed by atoms with van der Waals surface area (Å²) in [5.41, 5.74) is 1.85. The van der Waals surface area contributed by atoms with E-state index in [0.29, 0.717) is 27.7 Å². The van der Waals surface area contributed by atoms with Gasteiger partial charge in [-0.2, -0.15) is 0 Å². The maximum atomic E-state index is 12.9. The van der Waals surface area contributed by atoms with Crippen LogP contribution in [-0.2, 0) is 0 Å². The summed E-state index contributed by atoms with van der Waals surface area (Å²) >= 11 is 6.02. The highest BCUT2D eigenvalue weighted by atomic mass is 35.5. The Bertz CT molecular complexity index is 750. The lowest BCUT2D eigenvalue weighted by Gasteiger charge is -2.11. The van der Waals surface area contributed by atoms with Gasteiger partial charge in [0.1, 0.15) is 11.5 Å². The zero-order chi connectivity index (χ0) is 15.0. The van der Waals surface area contributed by atoms with Crippen molar-refractivity contribution in [2.75, 3.05) is 14.1 Å². The van der Waals surface area contributed by atoms with Gasteiger partial charge in [0.15, 0.2) is 5.78 Å². The van der Waals surface area contributed by atoms with Crippen LogP contribution in [0.15, 0.2) is 48.7 Å². The Hall–Kier alpha value is -2.26. The summed E-state index contributed by atoms with van der Waals surface area (Å²) in [6.07, 6.45) is 1.81. The maximum absolute atomic E-state index is 12.9. The molecule has 3 nitrogen and oxygen atoms in total. The number of rotatable bonds is 1. The molecule has 2 aromatic rings. The summed E-state index contributed by atoms with van der Waals surface area (Å²) < 4.78 is 5.90. The molecular weight excluding hydrogens is 286 g/mol. The maximum Gasteiger partial charge on any atom is 0.199 e. The molecule has 0 N–H and O–H groups in total. The number of para-hydroxylation sites is 1. The van der Waals surface area contributed by atoms with E-state index in [-0.39, 0.29) is 5.78 Å². The third-order valence-electron chi connectivity index (χ3n) is 3.22. The summed E-state index contributed by atoms with van der Waals surface area (Å²) in [5, 5.41) is 0.515. The summed E-state index contributed by atoms with van der Waals surface area (Å²) in [7, 11) is 3.76. The number of ether oxygens (including phenoxy) is 1. The number of benzene rings is 2. The van der Waals surface area contributed by atoms with Crippen molar-refractivity contribution in [3.63, 3.8) is 0 Å². The second-order valence-corrected chi connectivity index (χ2v) is 5.51. The molecule has 0 saturated heterocycles. The number of nitrogens with zero attached hydrogens (tertiary/aromatic N) is 1. The van der Waals surface area contributed by atoms with Gasteiger partial charge in [0.2, 0.25) is 0 Å². The lowest BCUT2D eigenvalue weighted by atomic mass is 9.97. The van der Waals surface area contributed by atoms with E-state index in [0.717, 1.165) is 5.56 Å². The molecule has 0 atom stereocenters. The van der Waals surface area contributed by atoms with Crippen molar-refractivity contribution in [2.24, 2.45) is 0 Å². The highest BCUT2D eigenvalue weighted by Crippen LogP contribution is 2.39. The van der Waals surface area contributed by atoms with Crippen molar-refractivity contribution < 1.29 is 9.53 Å². The smallest absolute Gasteiger partial charge is 0.199 e. The molecular formula is C17H14ClNO2. The first-order chi connectivity index (χ1) is 10.1. The van der Waals surface area contributed by atoms with Gasteiger partial charge in [-0.05, 0) is 24.3 Å². The van der Waals surface area contributed by atoms with Crippen molar-refractivity contribution in [2.45, 2.75) is 0 Å². The molecule has 0 amide bonds. The van der Waals surface area contributed by atoms with Crippen molar-refractivity contribution in [1.29, 1.82) is 0 Å². The van der Waals surface area contributed by atoms with Crippen LogP contribution in [-0.4, -0.2) is 24.8 Å². The highest BCUT2D eigenvalue weighted by molar-refractivity contribution is 6.34. The molecule has 3 rings (SSSR count). The zero-order valence-electron chi connectivity index (χ0n) is 11.8. The lowest BCUT2D eigenvalue weighted by Crippen LogP contribution is -2.08. The number of hydrogen-bond donors (Lipinski definition) is 0. The second kappa shape index (κ2) is 5.26. The molecule has 0 bridgehead atoms. The minimum absolute atomic E-state index is 0.0915. The molecule has 0 aliphatic carbocycles. The zero-order valence-corrected chi connectivity index (χ0v) is 12.5. The van der Waals surface area contributed by atoms with Gasteiger partial charge in [0.25, 0.3) is 0 Å². The van der Waals surface area contributed by atoms with Crippen LogP contribution in [0.25, 0.3) is 5.57 Å². The number of carbonyl (C=O) groups excluding carboxylic acids is 1. The summed E-state index contributed by atoms with van der Waals surface area (Å²) in [6, 6.07) is 12.6. The molecule has 4 heteroatoms. The highest BCUT2D eigenvalue weighted by Gasteiger charge is 2.26. The third-order valence-corrected chi connectivity index (χ3v) is 3.45. The molecule has 1 aliphatic rings. The van der Waals surface area contributed by atoms with Gasteiger partial charge in [-0.25, -0.2) is 0 Å². The molecule has 1 heterocycles. The van der Waals surface area contributed by atoms with Crippen LogP contribution in [0.4, 0.5) is 0 Å². The van der Waals surface area contributed by atoms with Crippen molar-refractivity contribution in [3.05, 3.63) is 64.8 Å². The fraction of sp³-hybridized carbons (Fsp3) is 0.118. The van der Waals surface area contributed by atoms with Crippen molar-refractivity contribution >= 4 is 23.0 Å². The Labute approximate surface area is 128 Å². The molecule has 1 aliphatic heterocycles. The number of fused-ring (bicyclic) bond motifs is 2. The molecule has 0 spiro atoms. The van der Waals surface area contributed by atoms with Crippen LogP contribution < -0.4 is 4.74 Å². The predicted molar refractivity (Wildman–Crippen MR) is 84.0 cm³/mol.